The van der Waals surface area contributed by atoms with Gasteiger partial charge in [-0.05, 0) is 18.6 Å². The Kier molecular flexibility index (Phi) is 4.27. The molecular weight excluding hydrogens is 292 g/mol. The Morgan fingerprint density at radius 2 is 1.81 bits per heavy atom. The SMILES string of the molecule is CCC(C(=O)c1ccc(Br)cc1)S(C)(=O)=O. The Hall–Kier alpha value is -0.680. The van der Waals surface area contributed by atoms with E-state index in [-0.39, 0.29) is 5.78 Å². The predicted molar refractivity (Wildman–Crippen MR) is 67.4 cm³/mol. The second-order valence-electron chi connectivity index (χ2n) is 3.60. The van der Waals surface area contributed by atoms with E-state index in [1.54, 1.807) is 31.2 Å². The van der Waals surface area contributed by atoms with Crippen molar-refractivity contribution < 1.29 is 13.2 Å². The smallest absolute Gasteiger partial charge is 0.180 e. The monoisotopic (exact) mass is 304 g/mol. The second kappa shape index (κ2) is 5.10. The first-order chi connectivity index (χ1) is 7.36. The van der Waals surface area contributed by atoms with E-state index >= 15 is 0 Å². The minimum Gasteiger partial charge on any atom is -0.293 e. The quantitative estimate of drug-likeness (QED) is 0.803. The Morgan fingerprint density at radius 3 is 2.19 bits per heavy atom. The van der Waals surface area contributed by atoms with Gasteiger partial charge in [-0.15, -0.1) is 0 Å². The first kappa shape index (κ1) is 13.4. The molecule has 0 spiro atoms. The van der Waals surface area contributed by atoms with Crippen molar-refractivity contribution in [2.45, 2.75) is 18.6 Å². The van der Waals surface area contributed by atoms with Gasteiger partial charge >= 0.3 is 0 Å². The molecule has 0 amide bonds. The van der Waals surface area contributed by atoms with E-state index in [2.05, 4.69) is 15.9 Å². The molecule has 0 N–H and O–H groups in total. The lowest BCUT2D eigenvalue weighted by Crippen LogP contribution is -2.28. The Bertz CT molecular complexity index is 476. The molecule has 0 saturated heterocycles. The zero-order chi connectivity index (χ0) is 12.3. The molecule has 3 nitrogen and oxygen atoms in total. The maximum Gasteiger partial charge on any atom is 0.180 e. The first-order valence-electron chi connectivity index (χ1n) is 4.85. The highest BCUT2D eigenvalue weighted by Gasteiger charge is 2.27. The maximum absolute atomic E-state index is 11.9. The average Bonchev–Trinajstić information content (AvgIpc) is 2.17. The Labute approximate surface area is 104 Å². The first-order valence-corrected chi connectivity index (χ1v) is 7.59. The van der Waals surface area contributed by atoms with Crippen LogP contribution in [0.3, 0.4) is 0 Å². The molecule has 0 radical (unpaired) electrons. The van der Waals surface area contributed by atoms with Gasteiger partial charge in [-0.3, -0.25) is 4.79 Å². The second-order valence-corrected chi connectivity index (χ2v) is 6.74. The summed E-state index contributed by atoms with van der Waals surface area (Å²) < 4.78 is 23.7. The highest BCUT2D eigenvalue weighted by Crippen LogP contribution is 2.16. The minimum absolute atomic E-state index is 0.299. The molecule has 1 unspecified atom stereocenters. The Balaban J connectivity index is 3.06. The third kappa shape index (κ3) is 3.15. The van der Waals surface area contributed by atoms with Crippen molar-refractivity contribution in [3.63, 3.8) is 0 Å². The molecule has 0 aliphatic carbocycles. The standard InChI is InChI=1S/C11H13BrO3S/c1-3-10(16(2,14)15)11(13)8-4-6-9(12)7-5-8/h4-7,10H,3H2,1-2H3. The van der Waals surface area contributed by atoms with Crippen LogP contribution in [-0.4, -0.2) is 25.7 Å². The maximum atomic E-state index is 11.9. The van der Waals surface area contributed by atoms with E-state index in [1.807, 2.05) is 0 Å². The number of Topliss-reactive ketones (excluding diaryl/α,β-unsaturated/α-hetero) is 1. The summed E-state index contributed by atoms with van der Waals surface area (Å²) in [5.74, 6) is -0.336. The van der Waals surface area contributed by atoms with Gasteiger partial charge in [0.2, 0.25) is 0 Å². The number of sulfone groups is 1. The predicted octanol–water partition coefficient (Wildman–Crippen LogP) is 2.46. The van der Waals surface area contributed by atoms with Crippen LogP contribution >= 0.6 is 15.9 Å². The molecule has 5 heteroatoms. The summed E-state index contributed by atoms with van der Waals surface area (Å²) in [6.07, 6.45) is 1.39. The van der Waals surface area contributed by atoms with Crippen molar-refractivity contribution in [1.29, 1.82) is 0 Å². The lowest BCUT2D eigenvalue weighted by molar-refractivity contribution is 0.0985. The average molecular weight is 305 g/mol. The number of ketones is 1. The number of hydrogen-bond acceptors (Lipinski definition) is 3. The zero-order valence-corrected chi connectivity index (χ0v) is 11.5. The largest absolute Gasteiger partial charge is 0.293 e. The van der Waals surface area contributed by atoms with Gasteiger partial charge in [0.05, 0.1) is 0 Å². The van der Waals surface area contributed by atoms with Crippen molar-refractivity contribution in [2.24, 2.45) is 0 Å². The van der Waals surface area contributed by atoms with Gasteiger partial charge in [0.15, 0.2) is 15.6 Å². The van der Waals surface area contributed by atoms with Crippen molar-refractivity contribution in [2.75, 3.05) is 6.26 Å². The van der Waals surface area contributed by atoms with Gasteiger partial charge in [0.25, 0.3) is 0 Å². The highest BCUT2D eigenvalue weighted by atomic mass is 79.9. The molecule has 88 valence electrons. The highest BCUT2D eigenvalue weighted by molar-refractivity contribution is 9.10. The number of rotatable bonds is 4. The zero-order valence-electron chi connectivity index (χ0n) is 9.10. The van der Waals surface area contributed by atoms with Crippen LogP contribution in [0.4, 0.5) is 0 Å². The fraction of sp³-hybridized carbons (Fsp3) is 0.364. The van der Waals surface area contributed by atoms with Gasteiger partial charge < -0.3 is 0 Å². The number of halogens is 1. The van der Waals surface area contributed by atoms with Crippen molar-refractivity contribution in [3.8, 4) is 0 Å². The lowest BCUT2D eigenvalue weighted by Gasteiger charge is -2.11. The van der Waals surface area contributed by atoms with Crippen molar-refractivity contribution in [3.05, 3.63) is 34.3 Å². The van der Waals surface area contributed by atoms with E-state index in [9.17, 15) is 13.2 Å². The number of carbonyl (C=O) groups is 1. The third-order valence-corrected chi connectivity index (χ3v) is 4.42. The molecule has 1 aromatic carbocycles. The van der Waals surface area contributed by atoms with Crippen LogP contribution in [0.5, 0.6) is 0 Å². The normalized spacial score (nSPS) is 13.4. The molecular formula is C11H13BrO3S. The molecule has 1 rings (SSSR count). The topological polar surface area (TPSA) is 51.2 Å². The summed E-state index contributed by atoms with van der Waals surface area (Å²) in [5.41, 5.74) is 0.431. The van der Waals surface area contributed by atoms with Crippen LogP contribution in [0, 0.1) is 0 Å². The van der Waals surface area contributed by atoms with Crippen LogP contribution in [-0.2, 0) is 9.84 Å². The number of hydrogen-bond donors (Lipinski definition) is 0. The number of benzene rings is 1. The molecule has 16 heavy (non-hydrogen) atoms. The summed E-state index contributed by atoms with van der Waals surface area (Å²) in [6, 6.07) is 6.70. The molecule has 0 fully saturated rings. The molecule has 0 bridgehead atoms. The van der Waals surface area contributed by atoms with E-state index in [0.717, 1.165) is 10.7 Å². The van der Waals surface area contributed by atoms with Gasteiger partial charge in [-0.2, -0.15) is 0 Å². The Morgan fingerprint density at radius 1 is 1.31 bits per heavy atom. The van der Waals surface area contributed by atoms with E-state index in [4.69, 9.17) is 0 Å². The van der Waals surface area contributed by atoms with E-state index in [0.29, 0.717) is 12.0 Å². The van der Waals surface area contributed by atoms with Crippen molar-refractivity contribution >= 4 is 31.6 Å². The summed E-state index contributed by atoms with van der Waals surface area (Å²) in [7, 11) is -3.33. The van der Waals surface area contributed by atoms with Crippen molar-refractivity contribution in [1.82, 2.24) is 0 Å². The lowest BCUT2D eigenvalue weighted by atomic mass is 10.1. The molecule has 0 saturated carbocycles. The van der Waals surface area contributed by atoms with Gasteiger partial charge in [-0.25, -0.2) is 8.42 Å². The van der Waals surface area contributed by atoms with Gasteiger partial charge in [0, 0.05) is 16.3 Å². The van der Waals surface area contributed by atoms with E-state index in [1.165, 1.54) is 0 Å². The van der Waals surface area contributed by atoms with Crippen LogP contribution in [0.25, 0.3) is 0 Å². The molecule has 0 aliphatic rings. The molecule has 0 aromatic heterocycles. The van der Waals surface area contributed by atoms with Crippen LogP contribution < -0.4 is 0 Å². The summed E-state index contributed by atoms with van der Waals surface area (Å²) in [4.78, 5) is 11.9. The van der Waals surface area contributed by atoms with Gasteiger partial charge in [0.1, 0.15) is 5.25 Å². The van der Waals surface area contributed by atoms with Crippen LogP contribution in [0.1, 0.15) is 23.7 Å². The molecule has 0 aliphatic heterocycles. The van der Waals surface area contributed by atoms with Crippen LogP contribution in [0.2, 0.25) is 0 Å². The third-order valence-electron chi connectivity index (χ3n) is 2.31. The minimum atomic E-state index is -3.33. The fourth-order valence-corrected chi connectivity index (χ4v) is 2.88. The molecule has 1 aromatic rings. The molecule has 0 heterocycles. The number of carbonyl (C=O) groups excluding carboxylic acids is 1. The molecule has 1 atom stereocenters. The van der Waals surface area contributed by atoms with Gasteiger partial charge in [-0.1, -0.05) is 35.0 Å². The summed E-state index contributed by atoms with van der Waals surface area (Å²) in [5, 5.41) is -0.936. The van der Waals surface area contributed by atoms with E-state index < -0.39 is 15.1 Å². The summed E-state index contributed by atoms with van der Waals surface area (Å²) in [6.45, 7) is 1.70. The summed E-state index contributed by atoms with van der Waals surface area (Å²) >= 11 is 3.26. The fourth-order valence-electron chi connectivity index (χ4n) is 1.48. The van der Waals surface area contributed by atoms with Crippen LogP contribution in [0.15, 0.2) is 28.7 Å².